The van der Waals surface area contributed by atoms with E-state index >= 15 is 0 Å². The second-order valence-electron chi connectivity index (χ2n) is 7.57. The zero-order chi connectivity index (χ0) is 20.6. The topological polar surface area (TPSA) is 75.7 Å². The van der Waals surface area contributed by atoms with E-state index in [-0.39, 0.29) is 16.8 Å². The summed E-state index contributed by atoms with van der Waals surface area (Å²) in [6, 6.07) is 10.6. The minimum absolute atomic E-state index is 0.0618. The monoisotopic (exact) mass is 414 g/mol. The molecule has 1 aliphatic carbocycles. The Kier molecular flexibility index (Phi) is 5.36. The zero-order valence-electron chi connectivity index (χ0n) is 16.8. The van der Waals surface area contributed by atoms with Gasteiger partial charge in [0.15, 0.2) is 0 Å². The molecule has 0 bridgehead atoms. The molecule has 2 aromatic carbocycles. The van der Waals surface area contributed by atoms with Crippen molar-refractivity contribution in [1.82, 2.24) is 4.72 Å². The van der Waals surface area contributed by atoms with Crippen molar-refractivity contribution in [1.29, 1.82) is 0 Å². The van der Waals surface area contributed by atoms with Crippen LogP contribution in [0, 0.1) is 0 Å². The van der Waals surface area contributed by atoms with Gasteiger partial charge in [-0.25, -0.2) is 13.1 Å². The number of benzene rings is 2. The van der Waals surface area contributed by atoms with Gasteiger partial charge in [-0.3, -0.25) is 4.79 Å². The molecule has 0 aromatic heterocycles. The number of anilines is 1. The molecule has 29 heavy (non-hydrogen) atoms. The molecular weight excluding hydrogens is 388 g/mol. The SMILES string of the molecule is CCC(=O)N1CCc2cc(S(=O)(=O)NC3CCCc4cc(OC)ccc43)ccc21. The number of carbonyl (C=O) groups is 1. The van der Waals surface area contributed by atoms with Gasteiger partial charge >= 0.3 is 0 Å². The Labute approximate surface area is 171 Å². The summed E-state index contributed by atoms with van der Waals surface area (Å²) in [5, 5.41) is 0. The first-order chi connectivity index (χ1) is 13.9. The summed E-state index contributed by atoms with van der Waals surface area (Å²) in [6.07, 6.45) is 3.72. The second kappa shape index (κ2) is 7.80. The molecule has 1 atom stereocenters. The number of hydrogen-bond acceptors (Lipinski definition) is 4. The number of fused-ring (bicyclic) bond motifs is 2. The lowest BCUT2D eigenvalue weighted by atomic mass is 9.88. The van der Waals surface area contributed by atoms with Gasteiger partial charge in [0.2, 0.25) is 15.9 Å². The largest absolute Gasteiger partial charge is 0.497 e. The number of aryl methyl sites for hydroxylation is 1. The molecule has 7 heteroatoms. The van der Waals surface area contributed by atoms with Gasteiger partial charge < -0.3 is 9.64 Å². The quantitative estimate of drug-likeness (QED) is 0.814. The van der Waals surface area contributed by atoms with Crippen molar-refractivity contribution < 1.29 is 17.9 Å². The predicted molar refractivity (Wildman–Crippen MR) is 112 cm³/mol. The normalized spacial score (nSPS) is 18.3. The van der Waals surface area contributed by atoms with Crippen LogP contribution in [0.2, 0.25) is 0 Å². The van der Waals surface area contributed by atoms with E-state index in [9.17, 15) is 13.2 Å². The van der Waals surface area contributed by atoms with E-state index in [1.807, 2.05) is 25.1 Å². The van der Waals surface area contributed by atoms with Crippen molar-refractivity contribution in [2.75, 3.05) is 18.6 Å². The molecule has 0 saturated heterocycles. The first kappa shape index (κ1) is 19.9. The Morgan fingerprint density at radius 3 is 2.76 bits per heavy atom. The maximum absolute atomic E-state index is 13.1. The molecule has 1 N–H and O–H groups in total. The van der Waals surface area contributed by atoms with Gasteiger partial charge in [-0.15, -0.1) is 0 Å². The summed E-state index contributed by atoms with van der Waals surface area (Å²) in [4.78, 5) is 14.1. The van der Waals surface area contributed by atoms with Crippen molar-refractivity contribution in [2.24, 2.45) is 0 Å². The molecule has 0 fully saturated rings. The summed E-state index contributed by atoms with van der Waals surface area (Å²) >= 11 is 0. The van der Waals surface area contributed by atoms with Gasteiger partial charge in [0, 0.05) is 24.7 Å². The number of amides is 1. The van der Waals surface area contributed by atoms with Crippen LogP contribution in [-0.2, 0) is 27.7 Å². The molecule has 4 rings (SSSR count). The highest BCUT2D eigenvalue weighted by molar-refractivity contribution is 7.89. The molecule has 0 spiro atoms. The van der Waals surface area contributed by atoms with Gasteiger partial charge in [0.05, 0.1) is 12.0 Å². The lowest BCUT2D eigenvalue weighted by molar-refractivity contribution is -0.118. The minimum atomic E-state index is -3.67. The van der Waals surface area contributed by atoms with Gasteiger partial charge in [-0.1, -0.05) is 13.0 Å². The molecular formula is C22H26N2O4S. The zero-order valence-corrected chi connectivity index (χ0v) is 17.6. The first-order valence-electron chi connectivity index (χ1n) is 10.1. The molecule has 0 radical (unpaired) electrons. The Morgan fingerprint density at radius 2 is 2.00 bits per heavy atom. The first-order valence-corrected chi connectivity index (χ1v) is 11.5. The molecule has 1 heterocycles. The fourth-order valence-corrected chi connectivity index (χ4v) is 5.59. The number of carbonyl (C=O) groups excluding carboxylic acids is 1. The van der Waals surface area contributed by atoms with Gasteiger partial charge in [-0.2, -0.15) is 0 Å². The summed E-state index contributed by atoms with van der Waals surface area (Å²) in [5.41, 5.74) is 3.88. The summed E-state index contributed by atoms with van der Waals surface area (Å²) in [7, 11) is -2.04. The van der Waals surface area contributed by atoms with Crippen LogP contribution >= 0.6 is 0 Å². The van der Waals surface area contributed by atoms with Crippen LogP contribution in [-0.4, -0.2) is 28.0 Å². The third-order valence-corrected chi connectivity index (χ3v) is 7.29. The van der Waals surface area contributed by atoms with Crippen LogP contribution in [0.3, 0.4) is 0 Å². The maximum atomic E-state index is 13.1. The third kappa shape index (κ3) is 3.76. The second-order valence-corrected chi connectivity index (χ2v) is 9.28. The lowest BCUT2D eigenvalue weighted by Crippen LogP contribution is -2.31. The van der Waals surface area contributed by atoms with Crippen LogP contribution in [0.15, 0.2) is 41.3 Å². The Hall–Kier alpha value is -2.38. The van der Waals surface area contributed by atoms with Crippen LogP contribution in [0.5, 0.6) is 5.75 Å². The van der Waals surface area contributed by atoms with E-state index in [1.165, 1.54) is 0 Å². The van der Waals surface area contributed by atoms with Crippen LogP contribution < -0.4 is 14.4 Å². The fourth-order valence-electron chi connectivity index (χ4n) is 4.29. The Balaban J connectivity index is 1.59. The predicted octanol–water partition coefficient (Wildman–Crippen LogP) is 3.35. The van der Waals surface area contributed by atoms with E-state index in [2.05, 4.69) is 4.72 Å². The number of hydrogen-bond donors (Lipinski definition) is 1. The Morgan fingerprint density at radius 1 is 1.17 bits per heavy atom. The summed E-state index contributed by atoms with van der Waals surface area (Å²) in [5.74, 6) is 0.851. The van der Waals surface area contributed by atoms with Crippen molar-refractivity contribution >= 4 is 21.6 Å². The van der Waals surface area contributed by atoms with Crippen molar-refractivity contribution in [3.05, 3.63) is 53.1 Å². The molecule has 6 nitrogen and oxygen atoms in total. The molecule has 1 unspecified atom stereocenters. The average Bonchev–Trinajstić information content (AvgIpc) is 3.16. The number of nitrogens with one attached hydrogen (secondary N) is 1. The maximum Gasteiger partial charge on any atom is 0.241 e. The van der Waals surface area contributed by atoms with Gasteiger partial charge in [0.1, 0.15) is 5.75 Å². The van der Waals surface area contributed by atoms with Gasteiger partial charge in [0.25, 0.3) is 0 Å². The summed E-state index contributed by atoms with van der Waals surface area (Å²) in [6.45, 7) is 2.44. The number of nitrogens with zero attached hydrogens (tertiary/aromatic N) is 1. The third-order valence-electron chi connectivity index (χ3n) is 5.82. The van der Waals surface area contributed by atoms with E-state index < -0.39 is 10.0 Å². The molecule has 0 saturated carbocycles. The molecule has 1 aliphatic heterocycles. The number of methoxy groups -OCH3 is 1. The van der Waals surface area contributed by atoms with Crippen LogP contribution in [0.25, 0.3) is 0 Å². The van der Waals surface area contributed by atoms with Crippen LogP contribution in [0.1, 0.15) is 48.9 Å². The number of ether oxygens (including phenoxy) is 1. The highest BCUT2D eigenvalue weighted by atomic mass is 32.2. The average molecular weight is 415 g/mol. The van der Waals surface area contributed by atoms with E-state index in [1.54, 1.807) is 30.2 Å². The van der Waals surface area contributed by atoms with E-state index in [0.717, 1.165) is 47.4 Å². The molecule has 1 amide bonds. The fraction of sp³-hybridized carbons (Fsp3) is 0.409. The highest BCUT2D eigenvalue weighted by Crippen LogP contribution is 2.34. The van der Waals surface area contributed by atoms with Crippen LogP contribution in [0.4, 0.5) is 5.69 Å². The minimum Gasteiger partial charge on any atom is -0.497 e. The number of rotatable bonds is 5. The van der Waals surface area contributed by atoms with Crippen molar-refractivity contribution in [3.63, 3.8) is 0 Å². The van der Waals surface area contributed by atoms with E-state index in [0.29, 0.717) is 19.4 Å². The van der Waals surface area contributed by atoms with E-state index in [4.69, 9.17) is 4.74 Å². The molecule has 2 aromatic rings. The molecule has 2 aliphatic rings. The molecule has 154 valence electrons. The van der Waals surface area contributed by atoms with Crippen molar-refractivity contribution in [3.8, 4) is 5.75 Å². The lowest BCUT2D eigenvalue weighted by Gasteiger charge is -2.26. The van der Waals surface area contributed by atoms with Gasteiger partial charge in [-0.05, 0) is 72.7 Å². The standard InChI is InChI=1S/C22H26N2O4S/c1-3-22(25)24-12-11-16-14-18(8-10-21(16)24)29(26,27)23-20-6-4-5-15-13-17(28-2)7-9-19(15)20/h7-10,13-14,20,23H,3-6,11-12H2,1-2H3. The highest BCUT2D eigenvalue weighted by Gasteiger charge is 2.29. The van der Waals surface area contributed by atoms with Crippen molar-refractivity contribution in [2.45, 2.75) is 50.0 Å². The number of sulfonamides is 1. The smallest absolute Gasteiger partial charge is 0.241 e. The Bertz CT molecular complexity index is 1050. The summed E-state index contributed by atoms with van der Waals surface area (Å²) < 4.78 is 34.4.